The summed E-state index contributed by atoms with van der Waals surface area (Å²) in [5, 5.41) is 5.30. The molecule has 0 unspecified atom stereocenters. The Morgan fingerprint density at radius 1 is 1.00 bits per heavy atom. The predicted octanol–water partition coefficient (Wildman–Crippen LogP) is 4.75. The Bertz CT molecular complexity index is 1330. The Kier molecular flexibility index (Phi) is 4.13. The molecule has 0 aliphatic rings. The van der Waals surface area contributed by atoms with Gasteiger partial charge in [0.1, 0.15) is 0 Å². The molecule has 0 saturated heterocycles. The van der Waals surface area contributed by atoms with Gasteiger partial charge < -0.3 is 14.9 Å². The van der Waals surface area contributed by atoms with Gasteiger partial charge in [0.2, 0.25) is 0 Å². The van der Waals surface area contributed by atoms with E-state index in [1.807, 2.05) is 78.4 Å². The number of carbonyl (C=O) groups excluding carboxylic acids is 1. The van der Waals surface area contributed by atoms with Crippen LogP contribution in [0.3, 0.4) is 0 Å². The van der Waals surface area contributed by atoms with E-state index < -0.39 is 0 Å². The number of para-hydroxylation sites is 1. The summed E-state index contributed by atoms with van der Waals surface area (Å²) >= 11 is 0. The van der Waals surface area contributed by atoms with Gasteiger partial charge in [-0.05, 0) is 42.8 Å². The van der Waals surface area contributed by atoms with Gasteiger partial charge in [0.25, 0.3) is 5.91 Å². The maximum atomic E-state index is 12.6. The lowest BCUT2D eigenvalue weighted by molar-refractivity contribution is 0.0951. The first-order chi connectivity index (χ1) is 14.2. The van der Waals surface area contributed by atoms with E-state index in [-0.39, 0.29) is 5.91 Å². The molecule has 0 saturated carbocycles. The average Bonchev–Trinajstić information content (AvgIpc) is 3.35. The van der Waals surface area contributed by atoms with Crippen LogP contribution in [0.4, 0.5) is 0 Å². The molecule has 29 heavy (non-hydrogen) atoms. The fourth-order valence-electron chi connectivity index (χ4n) is 3.63. The van der Waals surface area contributed by atoms with Gasteiger partial charge in [-0.1, -0.05) is 36.4 Å². The molecular formula is C24H20N4O. The van der Waals surface area contributed by atoms with Gasteiger partial charge >= 0.3 is 0 Å². The second-order valence-corrected chi connectivity index (χ2v) is 7.20. The second kappa shape index (κ2) is 6.95. The highest BCUT2D eigenvalue weighted by molar-refractivity contribution is 6.09. The Morgan fingerprint density at radius 2 is 1.79 bits per heavy atom. The van der Waals surface area contributed by atoms with E-state index in [4.69, 9.17) is 0 Å². The molecule has 5 nitrogen and oxygen atoms in total. The fourth-order valence-corrected chi connectivity index (χ4v) is 3.63. The normalized spacial score (nSPS) is 11.2. The van der Waals surface area contributed by atoms with Gasteiger partial charge in [-0.2, -0.15) is 0 Å². The van der Waals surface area contributed by atoms with Crippen molar-refractivity contribution in [3.05, 3.63) is 96.1 Å². The number of imidazole rings is 1. The largest absolute Gasteiger partial charge is 0.354 e. The summed E-state index contributed by atoms with van der Waals surface area (Å²) in [5.41, 5.74) is 5.77. The molecule has 2 N–H and O–H groups in total. The number of rotatable bonds is 4. The molecule has 0 spiro atoms. The molecule has 0 fully saturated rings. The van der Waals surface area contributed by atoms with Crippen LogP contribution in [-0.4, -0.2) is 20.4 Å². The quantitative estimate of drug-likeness (QED) is 0.473. The molecule has 5 heteroatoms. The van der Waals surface area contributed by atoms with Crippen molar-refractivity contribution in [1.82, 2.24) is 19.9 Å². The molecule has 0 radical (unpaired) electrons. The minimum atomic E-state index is -0.0835. The molecular weight excluding hydrogens is 360 g/mol. The summed E-state index contributed by atoms with van der Waals surface area (Å²) in [6.07, 6.45) is 3.78. The Morgan fingerprint density at radius 3 is 2.59 bits per heavy atom. The van der Waals surface area contributed by atoms with E-state index in [1.54, 1.807) is 6.33 Å². The molecule has 2 heterocycles. The minimum Gasteiger partial charge on any atom is -0.354 e. The maximum absolute atomic E-state index is 12.6. The summed E-state index contributed by atoms with van der Waals surface area (Å²) in [7, 11) is 0. The zero-order valence-electron chi connectivity index (χ0n) is 16.0. The van der Waals surface area contributed by atoms with Crippen molar-refractivity contribution in [2.75, 3.05) is 0 Å². The van der Waals surface area contributed by atoms with Crippen molar-refractivity contribution >= 4 is 27.7 Å². The Hall–Kier alpha value is -3.86. The molecule has 2 aromatic heterocycles. The standard InChI is InChI=1S/C24H20N4O/c1-16-14-28(15-26-16)19-9-6-17(7-10-19)13-25-24(29)18-8-11-21-20-4-2-3-5-22(20)27-23(21)12-18/h2-12,14-15,27H,13H2,1H3,(H,25,29). The molecule has 142 valence electrons. The van der Waals surface area contributed by atoms with E-state index in [0.29, 0.717) is 12.1 Å². The predicted molar refractivity (Wildman–Crippen MR) is 115 cm³/mol. The van der Waals surface area contributed by atoms with Gasteiger partial charge in [-0.25, -0.2) is 4.98 Å². The number of aryl methyl sites for hydroxylation is 1. The highest BCUT2D eigenvalue weighted by atomic mass is 16.1. The van der Waals surface area contributed by atoms with Crippen LogP contribution in [0.15, 0.2) is 79.3 Å². The Balaban J connectivity index is 1.30. The number of nitrogens with zero attached hydrogens (tertiary/aromatic N) is 2. The van der Waals surface area contributed by atoms with Crippen molar-refractivity contribution < 1.29 is 4.79 Å². The van der Waals surface area contributed by atoms with Crippen molar-refractivity contribution in [1.29, 1.82) is 0 Å². The first-order valence-corrected chi connectivity index (χ1v) is 9.56. The minimum absolute atomic E-state index is 0.0835. The number of fused-ring (bicyclic) bond motifs is 3. The first kappa shape index (κ1) is 17.3. The molecule has 1 amide bonds. The van der Waals surface area contributed by atoms with Crippen LogP contribution in [0.2, 0.25) is 0 Å². The number of aromatic amines is 1. The van der Waals surface area contributed by atoms with Gasteiger partial charge in [0.15, 0.2) is 0 Å². The van der Waals surface area contributed by atoms with Crippen molar-refractivity contribution in [3.63, 3.8) is 0 Å². The van der Waals surface area contributed by atoms with Crippen LogP contribution in [0.25, 0.3) is 27.5 Å². The fraction of sp³-hybridized carbons (Fsp3) is 0.0833. The highest BCUT2D eigenvalue weighted by Crippen LogP contribution is 2.25. The van der Waals surface area contributed by atoms with Gasteiger partial charge in [0.05, 0.1) is 12.0 Å². The number of amides is 1. The number of hydrogen-bond donors (Lipinski definition) is 2. The van der Waals surface area contributed by atoms with Crippen LogP contribution < -0.4 is 5.32 Å². The van der Waals surface area contributed by atoms with Crippen LogP contribution >= 0.6 is 0 Å². The third-order valence-electron chi connectivity index (χ3n) is 5.17. The monoisotopic (exact) mass is 380 g/mol. The smallest absolute Gasteiger partial charge is 0.251 e. The Labute approximate surface area is 168 Å². The number of carbonyl (C=O) groups is 1. The van der Waals surface area contributed by atoms with E-state index in [0.717, 1.165) is 33.4 Å². The molecule has 5 aromatic rings. The topological polar surface area (TPSA) is 62.7 Å². The van der Waals surface area contributed by atoms with Crippen LogP contribution in [-0.2, 0) is 6.54 Å². The van der Waals surface area contributed by atoms with Crippen LogP contribution in [0.1, 0.15) is 21.6 Å². The lowest BCUT2D eigenvalue weighted by Gasteiger charge is -2.07. The lowest BCUT2D eigenvalue weighted by Crippen LogP contribution is -2.22. The summed E-state index contributed by atoms with van der Waals surface area (Å²) in [5.74, 6) is -0.0835. The molecule has 5 rings (SSSR count). The maximum Gasteiger partial charge on any atom is 0.251 e. The van der Waals surface area contributed by atoms with Crippen LogP contribution in [0, 0.1) is 6.92 Å². The van der Waals surface area contributed by atoms with Crippen molar-refractivity contribution in [2.24, 2.45) is 0 Å². The number of aromatic nitrogens is 3. The van der Waals surface area contributed by atoms with Crippen molar-refractivity contribution in [2.45, 2.75) is 13.5 Å². The van der Waals surface area contributed by atoms with E-state index in [2.05, 4.69) is 21.4 Å². The third-order valence-corrected chi connectivity index (χ3v) is 5.17. The van der Waals surface area contributed by atoms with Gasteiger partial charge in [-0.3, -0.25) is 4.79 Å². The number of hydrogen-bond acceptors (Lipinski definition) is 2. The summed E-state index contributed by atoms with van der Waals surface area (Å²) < 4.78 is 1.98. The summed E-state index contributed by atoms with van der Waals surface area (Å²) in [4.78, 5) is 20.3. The summed E-state index contributed by atoms with van der Waals surface area (Å²) in [6, 6.07) is 22.0. The van der Waals surface area contributed by atoms with E-state index in [9.17, 15) is 4.79 Å². The number of benzene rings is 3. The average molecular weight is 380 g/mol. The van der Waals surface area contributed by atoms with Gasteiger partial charge in [0, 0.05) is 45.8 Å². The van der Waals surface area contributed by atoms with Crippen molar-refractivity contribution in [3.8, 4) is 5.69 Å². The second-order valence-electron chi connectivity index (χ2n) is 7.20. The van der Waals surface area contributed by atoms with E-state index >= 15 is 0 Å². The molecule has 0 aliphatic heterocycles. The molecule has 3 aromatic carbocycles. The number of nitrogens with one attached hydrogen (secondary N) is 2. The highest BCUT2D eigenvalue weighted by Gasteiger charge is 2.09. The zero-order chi connectivity index (χ0) is 19.8. The van der Waals surface area contributed by atoms with E-state index in [1.165, 1.54) is 5.39 Å². The zero-order valence-corrected chi connectivity index (χ0v) is 16.0. The lowest BCUT2D eigenvalue weighted by atomic mass is 10.1. The molecule has 0 bridgehead atoms. The molecule has 0 atom stereocenters. The SMILES string of the molecule is Cc1cn(-c2ccc(CNC(=O)c3ccc4c(c3)[nH]c3ccccc34)cc2)cn1. The van der Waals surface area contributed by atoms with Gasteiger partial charge in [-0.15, -0.1) is 0 Å². The first-order valence-electron chi connectivity index (χ1n) is 9.56. The number of H-pyrrole nitrogens is 1. The third kappa shape index (κ3) is 3.27. The van der Waals surface area contributed by atoms with Crippen LogP contribution in [0.5, 0.6) is 0 Å². The molecule has 0 aliphatic carbocycles. The summed E-state index contributed by atoms with van der Waals surface area (Å²) in [6.45, 7) is 2.44.